The molecule has 129 heavy (non-hydrogen) atoms. The summed E-state index contributed by atoms with van der Waals surface area (Å²) in [5, 5.41) is 165. The van der Waals surface area contributed by atoms with Crippen molar-refractivity contribution >= 4 is 45.3 Å². The lowest BCUT2D eigenvalue weighted by molar-refractivity contribution is -0.325. The Morgan fingerprint density at radius 3 is 1.31 bits per heavy atom. The fourth-order valence-electron chi connectivity index (χ4n) is 19.9. The van der Waals surface area contributed by atoms with Crippen LogP contribution in [0.1, 0.15) is 131 Å². The van der Waals surface area contributed by atoms with Gasteiger partial charge in [0.05, 0.1) is 105 Å². The van der Waals surface area contributed by atoms with Crippen LogP contribution in [0, 0.1) is 53.3 Å². The molecular formula is C90H133N11O28. The molecule has 40 atom stereocenters. The van der Waals surface area contributed by atoms with E-state index in [0.717, 1.165) is 33.1 Å². The maximum absolute atomic E-state index is 15.8. The third kappa shape index (κ3) is 21.4. The van der Waals surface area contributed by atoms with Crippen molar-refractivity contribution in [2.45, 2.75) is 338 Å². The van der Waals surface area contributed by atoms with E-state index in [1.54, 1.807) is 48.5 Å². The number of fused-ring (bicyclic) bond motifs is 2. The number of ether oxygens (including phenoxy) is 12. The second-order valence-electron chi connectivity index (χ2n) is 37.8. The van der Waals surface area contributed by atoms with E-state index < -0.39 is 250 Å². The van der Waals surface area contributed by atoms with Gasteiger partial charge in [0, 0.05) is 104 Å². The Bertz CT molecular complexity index is 4730. The number of Topliss-reactive ketones (excluding diaryl/α,β-unsaturated/α-hetero) is 1. The van der Waals surface area contributed by atoms with Crippen molar-refractivity contribution in [3.63, 3.8) is 0 Å². The third-order valence-electron chi connectivity index (χ3n) is 28.1. The molecule has 2 saturated carbocycles. The molecule has 14 rings (SSSR count). The highest BCUT2D eigenvalue weighted by Crippen LogP contribution is 2.44. The fraction of sp³-hybridized carbons (Fsp3) is 0.733. The summed E-state index contributed by atoms with van der Waals surface area (Å²) in [5.74, 6) is -7.97. The molecule has 15 N–H and O–H groups in total. The van der Waals surface area contributed by atoms with Crippen molar-refractivity contribution in [1.29, 1.82) is 0 Å². The minimum atomic E-state index is -1.66. The molecule has 39 nitrogen and oxygen atoms in total. The van der Waals surface area contributed by atoms with Crippen LogP contribution in [0.2, 0.25) is 0 Å². The molecule has 2 aromatic carbocycles. The lowest BCUT2D eigenvalue weighted by atomic mass is 9.77. The van der Waals surface area contributed by atoms with Crippen molar-refractivity contribution in [3.8, 4) is 0 Å². The van der Waals surface area contributed by atoms with Crippen LogP contribution < -0.4 is 16.0 Å². The van der Waals surface area contributed by atoms with E-state index in [9.17, 15) is 66.1 Å². The monoisotopic (exact) mass is 1820 g/mol. The van der Waals surface area contributed by atoms with Gasteiger partial charge in [-0.1, -0.05) is 123 Å². The standard InChI is InChI=1S/C90H133N11O28/c1-15-62-72(111)70(109)46(10)87(120-62)124-76-41(5)25-39(3)66(105)80(76)128-89-74(113)78(126-85-44(8)68(107)60(103)37-118-85)64(122-89)35-100-33-51(94-96-100)30-56(92-82(115)43(7)27-53-28-49-21-17-19-23-58(49)99(53)14)84(117)93-57(83(116)91-55(48(12)102)29-50-32-98(13)59-24-20-18-22-54(50)59)31-52-34-101(97-95-52)36-65-79(127-86-45(9)69(108)61(104)38-119-86)75(114)90(123-65)129-81-67(106)40(4)26-42(6)77(81)125-88-47(11)71(110)73(112)63(16-2)121-88/h17-24,28,32-34,39-47,55-57,60-81,85-90,103-114H,15-16,25-27,29-31,35-38H2,1-14H3,(H,91,116)(H,92,115)(H,93,117)/t39-,40-,41?,42?,43?,44?,45?,46+,47+,55?,56?,57?,60-,61-,62?,63?,64-,65-,66?,67?,68?,69?,70?,71?,72-,73-,74?,75?,76+,77+,78+,79+,80-,81-,85-,86-,87-,88-,89+,90+/m1/s1. The highest BCUT2D eigenvalue weighted by atomic mass is 16.8. The van der Waals surface area contributed by atoms with Crippen LogP contribution in [0.25, 0.3) is 21.8 Å². The van der Waals surface area contributed by atoms with Gasteiger partial charge in [-0.25, -0.2) is 9.36 Å². The fourth-order valence-corrected chi connectivity index (χ4v) is 19.9. The molecule has 10 heterocycles. The zero-order valence-corrected chi connectivity index (χ0v) is 75.5. The van der Waals surface area contributed by atoms with Gasteiger partial charge < -0.3 is 143 Å². The number of aliphatic hydroxyl groups is 12. The average molecular weight is 1820 g/mol. The summed E-state index contributed by atoms with van der Waals surface area (Å²) >= 11 is 0. The highest BCUT2D eigenvalue weighted by Gasteiger charge is 2.57. The van der Waals surface area contributed by atoms with Gasteiger partial charge in [-0.2, -0.15) is 0 Å². The van der Waals surface area contributed by atoms with E-state index in [2.05, 4.69) is 36.6 Å². The van der Waals surface area contributed by atoms with Gasteiger partial charge in [0.1, 0.15) is 85.3 Å². The van der Waals surface area contributed by atoms with E-state index in [1.807, 2.05) is 112 Å². The Hall–Kier alpha value is -7.08. The molecule has 0 spiro atoms. The van der Waals surface area contributed by atoms with Gasteiger partial charge in [-0.15, -0.1) is 10.2 Å². The predicted octanol–water partition coefficient (Wildman–Crippen LogP) is -0.227. The van der Waals surface area contributed by atoms with Gasteiger partial charge in [0.15, 0.2) is 43.5 Å². The van der Waals surface area contributed by atoms with E-state index in [4.69, 9.17) is 56.8 Å². The quantitative estimate of drug-likeness (QED) is 0.0253. The second kappa shape index (κ2) is 41.8. The largest absolute Gasteiger partial charge is 0.390 e. The molecule has 716 valence electrons. The number of aliphatic hydroxyl groups excluding tert-OH is 12. The molecule has 0 radical (unpaired) electrons. The Balaban J connectivity index is 0.756. The molecule has 0 bridgehead atoms. The van der Waals surface area contributed by atoms with Gasteiger partial charge in [0.25, 0.3) is 0 Å². The van der Waals surface area contributed by atoms with Gasteiger partial charge in [-0.3, -0.25) is 19.2 Å². The van der Waals surface area contributed by atoms with Crippen molar-refractivity contribution in [2.24, 2.45) is 67.4 Å². The summed E-state index contributed by atoms with van der Waals surface area (Å²) in [6.07, 6.45) is -28.2. The van der Waals surface area contributed by atoms with E-state index >= 15 is 14.4 Å². The number of hydrogen-bond acceptors (Lipinski definition) is 32. The minimum absolute atomic E-state index is 0.0279. The van der Waals surface area contributed by atoms with Crippen LogP contribution in [0.15, 0.2) is 73.2 Å². The summed E-state index contributed by atoms with van der Waals surface area (Å²) in [7, 11) is 3.75. The maximum atomic E-state index is 15.8. The number of carbonyl (C=O) groups is 4. The smallest absolute Gasteiger partial charge is 0.243 e. The van der Waals surface area contributed by atoms with E-state index in [1.165, 1.54) is 28.7 Å². The van der Waals surface area contributed by atoms with Crippen LogP contribution in [0.4, 0.5) is 0 Å². The van der Waals surface area contributed by atoms with Crippen LogP contribution >= 0.6 is 0 Å². The first-order valence-corrected chi connectivity index (χ1v) is 45.6. The Labute approximate surface area is 748 Å². The van der Waals surface area contributed by atoms with Crippen LogP contribution in [-0.2, 0) is 129 Å². The van der Waals surface area contributed by atoms with Crippen LogP contribution in [0.5, 0.6) is 0 Å². The third-order valence-corrected chi connectivity index (χ3v) is 28.1. The molecule has 18 unspecified atom stereocenters. The molecule has 3 amide bonds. The molecule has 2 aliphatic carbocycles. The number of rotatable bonds is 33. The van der Waals surface area contributed by atoms with E-state index in [0.29, 0.717) is 25.7 Å². The molecule has 6 aromatic rings. The molecule has 8 fully saturated rings. The zero-order chi connectivity index (χ0) is 92.7. The lowest BCUT2D eigenvalue weighted by Gasteiger charge is -2.47. The Morgan fingerprint density at radius 1 is 0.442 bits per heavy atom. The second-order valence-corrected chi connectivity index (χ2v) is 37.8. The number of aryl methyl sites for hydroxylation is 2. The Morgan fingerprint density at radius 2 is 0.853 bits per heavy atom. The number of aromatic nitrogens is 8. The summed E-state index contributed by atoms with van der Waals surface area (Å²) in [6, 6.07) is 12.9. The minimum Gasteiger partial charge on any atom is -0.390 e. The van der Waals surface area contributed by atoms with Crippen molar-refractivity contribution in [3.05, 3.63) is 95.8 Å². The maximum Gasteiger partial charge on any atom is 0.243 e. The van der Waals surface area contributed by atoms with Gasteiger partial charge in [0.2, 0.25) is 17.7 Å². The number of nitrogens with one attached hydrogen (secondary N) is 3. The number of amides is 3. The molecule has 6 saturated heterocycles. The van der Waals surface area contributed by atoms with Gasteiger partial charge >= 0.3 is 0 Å². The van der Waals surface area contributed by atoms with Crippen molar-refractivity contribution in [1.82, 2.24) is 55.1 Å². The first-order valence-electron chi connectivity index (χ1n) is 45.6. The lowest BCUT2D eigenvalue weighted by Crippen LogP contribution is -2.59. The highest BCUT2D eigenvalue weighted by molar-refractivity contribution is 5.95. The summed E-state index contributed by atoms with van der Waals surface area (Å²) in [4.78, 5) is 60.3. The summed E-state index contributed by atoms with van der Waals surface area (Å²) < 4.78 is 83.9. The molecular weight excluding hydrogens is 1680 g/mol. The molecule has 6 aliphatic heterocycles. The number of benzene rings is 2. The van der Waals surface area contributed by atoms with Crippen LogP contribution in [-0.4, -0.2) is 327 Å². The van der Waals surface area contributed by atoms with Crippen molar-refractivity contribution < 1.29 is 137 Å². The summed E-state index contributed by atoms with van der Waals surface area (Å²) in [6.45, 7) is 19.6. The number of para-hydroxylation sites is 2. The topological polar surface area (TPSA) is 529 Å². The van der Waals surface area contributed by atoms with Crippen LogP contribution in [0.3, 0.4) is 0 Å². The predicted molar refractivity (Wildman–Crippen MR) is 455 cm³/mol. The first-order chi connectivity index (χ1) is 61.4. The number of carbonyl (C=O) groups excluding carboxylic acids is 4. The number of hydrogen-bond donors (Lipinski definition) is 15. The SMILES string of the molecule is CCC1O[C@H](O[C@H]2C(C)C[C@@H](C)C(O)[C@H]2O[C@@H]2O[C@H](Cn3cc(CC(NC(=O)C(C)Cc4cc5ccccc5n4C)C(=O)NC(Cc4cn(C[C@H]5O[C@@H](O[C@@H]6C(O)[C@H](C)CC(C)[C@@H]6O[C@H]6OC(CC)[C@@H](O)C(O)[C@@H]6C)C(O)[C@H]5O[C@H]5OC[C@@H](O)C(O)C5C)nn4)C(=O)NC(Cc4cn(C)c5ccccc45)C(C)=O)nn3)[C@H](O[C@H]3OC[C@@H](O)C(O)C3C)C2O)[C@@H](C)C(O)[C@@H]1O. The van der Waals surface area contributed by atoms with E-state index in [-0.39, 0.29) is 80.6 Å². The molecule has 39 heteroatoms. The van der Waals surface area contributed by atoms with Gasteiger partial charge in [-0.05, 0) is 91.8 Å². The number of ketones is 1. The zero-order valence-electron chi connectivity index (χ0n) is 75.5. The van der Waals surface area contributed by atoms with Crippen molar-refractivity contribution in [2.75, 3.05) is 13.2 Å². The normalized spacial score (nSPS) is 39.1. The Kier molecular flexibility index (Phi) is 31.7. The average Bonchev–Trinajstić information content (AvgIpc) is 1.72. The number of nitrogens with zero attached hydrogens (tertiary/aromatic N) is 8. The first kappa shape index (κ1) is 97.9. The summed E-state index contributed by atoms with van der Waals surface area (Å²) in [5.41, 5.74) is 3.54. The molecule has 4 aromatic heterocycles. The molecule has 8 aliphatic rings.